The SMILES string of the molecule is Cc1ccc(O[C@H](C)C(=O)Nc2ccc(Br)c(C)c2)c(C)c1. The van der Waals surface area contributed by atoms with Crippen molar-refractivity contribution in [2.24, 2.45) is 0 Å². The number of rotatable bonds is 4. The van der Waals surface area contributed by atoms with Crippen LogP contribution in [0.15, 0.2) is 40.9 Å². The Morgan fingerprint density at radius 1 is 1.09 bits per heavy atom. The molecular formula is C18H20BrNO2. The second-order valence-corrected chi connectivity index (χ2v) is 6.34. The minimum absolute atomic E-state index is 0.165. The molecule has 0 unspecified atom stereocenters. The maximum Gasteiger partial charge on any atom is 0.265 e. The molecule has 4 heteroatoms. The molecule has 2 aromatic carbocycles. The molecule has 0 aromatic heterocycles. The first-order chi connectivity index (χ1) is 10.4. The largest absolute Gasteiger partial charge is 0.481 e. The average molecular weight is 362 g/mol. The topological polar surface area (TPSA) is 38.3 Å². The highest BCUT2D eigenvalue weighted by atomic mass is 79.9. The maximum absolute atomic E-state index is 12.2. The van der Waals surface area contributed by atoms with Crippen molar-refractivity contribution in [3.63, 3.8) is 0 Å². The highest BCUT2D eigenvalue weighted by Crippen LogP contribution is 2.22. The number of hydrogen-bond acceptors (Lipinski definition) is 2. The van der Waals surface area contributed by atoms with E-state index in [0.717, 1.165) is 27.0 Å². The Hall–Kier alpha value is -1.81. The molecule has 0 saturated heterocycles. The predicted molar refractivity (Wildman–Crippen MR) is 93.5 cm³/mol. The van der Waals surface area contributed by atoms with Gasteiger partial charge in [0.25, 0.3) is 5.91 Å². The molecule has 0 aliphatic carbocycles. The lowest BCUT2D eigenvalue weighted by molar-refractivity contribution is -0.122. The van der Waals surface area contributed by atoms with Crippen LogP contribution in [0.2, 0.25) is 0 Å². The Morgan fingerprint density at radius 3 is 2.45 bits per heavy atom. The van der Waals surface area contributed by atoms with Gasteiger partial charge in [0.05, 0.1) is 0 Å². The second kappa shape index (κ2) is 6.97. The van der Waals surface area contributed by atoms with Crippen molar-refractivity contribution in [2.75, 3.05) is 5.32 Å². The Kier molecular flexibility index (Phi) is 5.24. The molecule has 0 radical (unpaired) electrons. The lowest BCUT2D eigenvalue weighted by atomic mass is 10.1. The van der Waals surface area contributed by atoms with Crippen molar-refractivity contribution in [1.29, 1.82) is 0 Å². The molecule has 116 valence electrons. The van der Waals surface area contributed by atoms with Crippen LogP contribution in [0.3, 0.4) is 0 Å². The van der Waals surface area contributed by atoms with E-state index in [2.05, 4.69) is 21.2 Å². The molecule has 0 aliphatic heterocycles. The van der Waals surface area contributed by atoms with E-state index in [0.29, 0.717) is 0 Å². The summed E-state index contributed by atoms with van der Waals surface area (Å²) < 4.78 is 6.79. The van der Waals surface area contributed by atoms with E-state index < -0.39 is 6.10 Å². The fraction of sp³-hybridized carbons (Fsp3) is 0.278. The highest BCUT2D eigenvalue weighted by Gasteiger charge is 2.16. The molecule has 0 spiro atoms. The van der Waals surface area contributed by atoms with Gasteiger partial charge < -0.3 is 10.1 Å². The third-order valence-corrected chi connectivity index (χ3v) is 4.32. The predicted octanol–water partition coefficient (Wildman–Crippen LogP) is 4.78. The number of nitrogens with one attached hydrogen (secondary N) is 1. The molecule has 1 N–H and O–H groups in total. The molecular weight excluding hydrogens is 342 g/mol. The number of anilines is 1. The first-order valence-electron chi connectivity index (χ1n) is 7.18. The second-order valence-electron chi connectivity index (χ2n) is 5.48. The van der Waals surface area contributed by atoms with Gasteiger partial charge in [0, 0.05) is 10.2 Å². The van der Waals surface area contributed by atoms with Crippen molar-refractivity contribution in [2.45, 2.75) is 33.8 Å². The lowest BCUT2D eigenvalue weighted by Gasteiger charge is -2.17. The number of ether oxygens (including phenoxy) is 1. The van der Waals surface area contributed by atoms with E-state index in [1.807, 2.05) is 57.2 Å². The van der Waals surface area contributed by atoms with Crippen LogP contribution in [0.1, 0.15) is 23.6 Å². The van der Waals surface area contributed by atoms with Crippen molar-refractivity contribution in [1.82, 2.24) is 0 Å². The van der Waals surface area contributed by atoms with Crippen LogP contribution in [0, 0.1) is 20.8 Å². The maximum atomic E-state index is 12.2. The van der Waals surface area contributed by atoms with Crippen LogP contribution in [-0.4, -0.2) is 12.0 Å². The summed E-state index contributed by atoms with van der Waals surface area (Å²) in [4.78, 5) is 12.2. The lowest BCUT2D eigenvalue weighted by Crippen LogP contribution is -2.30. The summed E-state index contributed by atoms with van der Waals surface area (Å²) in [6, 6.07) is 11.6. The quantitative estimate of drug-likeness (QED) is 0.850. The summed E-state index contributed by atoms with van der Waals surface area (Å²) >= 11 is 3.45. The first kappa shape index (κ1) is 16.6. The number of carbonyl (C=O) groups is 1. The number of hydrogen-bond donors (Lipinski definition) is 1. The fourth-order valence-corrected chi connectivity index (χ4v) is 2.39. The molecule has 22 heavy (non-hydrogen) atoms. The number of halogens is 1. The van der Waals surface area contributed by atoms with E-state index in [1.165, 1.54) is 5.56 Å². The van der Waals surface area contributed by atoms with Crippen LogP contribution in [0.5, 0.6) is 5.75 Å². The van der Waals surface area contributed by atoms with E-state index in [1.54, 1.807) is 6.92 Å². The summed E-state index contributed by atoms with van der Waals surface area (Å²) in [5.74, 6) is 0.571. The molecule has 0 fully saturated rings. The van der Waals surface area contributed by atoms with E-state index in [4.69, 9.17) is 4.74 Å². The summed E-state index contributed by atoms with van der Waals surface area (Å²) in [7, 11) is 0. The minimum atomic E-state index is -0.564. The van der Waals surface area contributed by atoms with Gasteiger partial charge in [0.15, 0.2) is 6.10 Å². The summed E-state index contributed by atoms with van der Waals surface area (Å²) in [6.45, 7) is 7.74. The van der Waals surface area contributed by atoms with Crippen molar-refractivity contribution < 1.29 is 9.53 Å². The van der Waals surface area contributed by atoms with Gasteiger partial charge in [0.2, 0.25) is 0 Å². The fourth-order valence-electron chi connectivity index (χ4n) is 2.14. The van der Waals surface area contributed by atoms with Gasteiger partial charge in [-0.3, -0.25) is 4.79 Å². The summed E-state index contributed by atoms with van der Waals surface area (Å²) in [6.07, 6.45) is -0.564. The van der Waals surface area contributed by atoms with Crippen molar-refractivity contribution in [3.8, 4) is 5.75 Å². The van der Waals surface area contributed by atoms with E-state index in [9.17, 15) is 4.79 Å². The monoisotopic (exact) mass is 361 g/mol. The Labute approximate surface area is 139 Å². The third kappa shape index (κ3) is 4.10. The summed E-state index contributed by atoms with van der Waals surface area (Å²) in [5.41, 5.74) is 4.04. The molecule has 0 heterocycles. The minimum Gasteiger partial charge on any atom is -0.481 e. The highest BCUT2D eigenvalue weighted by molar-refractivity contribution is 9.10. The molecule has 0 saturated carbocycles. The van der Waals surface area contributed by atoms with Crippen LogP contribution in [0.25, 0.3) is 0 Å². The smallest absolute Gasteiger partial charge is 0.265 e. The molecule has 1 atom stereocenters. The van der Waals surface area contributed by atoms with Gasteiger partial charge in [0.1, 0.15) is 5.75 Å². The van der Waals surface area contributed by atoms with Crippen molar-refractivity contribution >= 4 is 27.5 Å². The van der Waals surface area contributed by atoms with Crippen LogP contribution < -0.4 is 10.1 Å². The number of amides is 1. The molecule has 0 bridgehead atoms. The Bertz CT molecular complexity index is 697. The third-order valence-electron chi connectivity index (χ3n) is 3.43. The number of carbonyl (C=O) groups excluding carboxylic acids is 1. The average Bonchev–Trinajstić information content (AvgIpc) is 2.45. The van der Waals surface area contributed by atoms with E-state index >= 15 is 0 Å². The van der Waals surface area contributed by atoms with Crippen LogP contribution in [-0.2, 0) is 4.79 Å². The normalized spacial score (nSPS) is 11.9. The van der Waals surface area contributed by atoms with Gasteiger partial charge >= 0.3 is 0 Å². The van der Waals surface area contributed by atoms with Crippen LogP contribution in [0.4, 0.5) is 5.69 Å². The Morgan fingerprint density at radius 2 is 1.82 bits per heavy atom. The molecule has 1 amide bonds. The molecule has 0 aliphatic rings. The van der Waals surface area contributed by atoms with Gasteiger partial charge in [-0.05, 0) is 63.1 Å². The standard InChI is InChI=1S/C18H20BrNO2/c1-11-5-8-17(13(3)9-11)22-14(4)18(21)20-15-6-7-16(19)12(2)10-15/h5-10,14H,1-4H3,(H,20,21)/t14-/m1/s1. The molecule has 3 nitrogen and oxygen atoms in total. The van der Waals surface area contributed by atoms with Gasteiger partial charge in [-0.25, -0.2) is 0 Å². The van der Waals surface area contributed by atoms with Crippen molar-refractivity contribution in [3.05, 3.63) is 57.6 Å². The van der Waals surface area contributed by atoms with E-state index in [-0.39, 0.29) is 5.91 Å². The summed E-state index contributed by atoms with van der Waals surface area (Å²) in [5, 5.41) is 2.88. The first-order valence-corrected chi connectivity index (χ1v) is 7.97. The van der Waals surface area contributed by atoms with Gasteiger partial charge in [-0.2, -0.15) is 0 Å². The van der Waals surface area contributed by atoms with Gasteiger partial charge in [-0.1, -0.05) is 33.6 Å². The zero-order valence-corrected chi connectivity index (χ0v) is 14.8. The molecule has 2 aromatic rings. The number of aryl methyl sites for hydroxylation is 3. The Balaban J connectivity index is 2.04. The molecule has 2 rings (SSSR count). The van der Waals surface area contributed by atoms with Gasteiger partial charge in [-0.15, -0.1) is 0 Å². The zero-order valence-electron chi connectivity index (χ0n) is 13.2. The zero-order chi connectivity index (χ0) is 16.3. The number of benzene rings is 2. The van der Waals surface area contributed by atoms with Crippen LogP contribution >= 0.6 is 15.9 Å².